The van der Waals surface area contributed by atoms with Crippen LogP contribution in [0.15, 0.2) is 24.3 Å². The first-order valence-corrected chi connectivity index (χ1v) is 5.60. The van der Waals surface area contributed by atoms with Gasteiger partial charge in [-0.1, -0.05) is 23.2 Å². The van der Waals surface area contributed by atoms with E-state index < -0.39 is 0 Å². The number of esters is 1. The second kappa shape index (κ2) is 5.92. The zero-order valence-corrected chi connectivity index (χ0v) is 10.6. The van der Waals surface area contributed by atoms with Crippen molar-refractivity contribution in [1.29, 1.82) is 0 Å². The Labute approximate surface area is 105 Å². The van der Waals surface area contributed by atoms with Crippen LogP contribution in [0, 0.1) is 0 Å². The molecule has 0 aliphatic carbocycles. The van der Waals surface area contributed by atoms with Crippen LogP contribution in [0.25, 0.3) is 5.57 Å². The highest BCUT2D eigenvalue weighted by Crippen LogP contribution is 2.23. The first kappa shape index (κ1) is 13.1. The molecule has 1 aromatic carbocycles. The zero-order valence-electron chi connectivity index (χ0n) is 9.09. The predicted molar refractivity (Wildman–Crippen MR) is 66.7 cm³/mol. The highest BCUT2D eigenvalue weighted by molar-refractivity contribution is 6.34. The molecule has 1 rings (SSSR count). The molecule has 0 saturated heterocycles. The van der Waals surface area contributed by atoms with Gasteiger partial charge in [-0.15, -0.1) is 0 Å². The van der Waals surface area contributed by atoms with Gasteiger partial charge in [-0.3, -0.25) is 0 Å². The number of benzene rings is 1. The molecule has 0 fully saturated rings. The normalized spacial score (nSPS) is 11.4. The standard InChI is InChI=1S/C12H12Cl2O2/c1-3-16-12(15)4-8(2)9-5-10(13)7-11(14)6-9/h4-7H,3H2,1-2H3. The summed E-state index contributed by atoms with van der Waals surface area (Å²) < 4.78 is 4.81. The van der Waals surface area contributed by atoms with Gasteiger partial charge in [-0.25, -0.2) is 4.79 Å². The van der Waals surface area contributed by atoms with Gasteiger partial charge in [0.25, 0.3) is 0 Å². The zero-order chi connectivity index (χ0) is 12.1. The summed E-state index contributed by atoms with van der Waals surface area (Å²) in [6.45, 7) is 3.93. The average Bonchev–Trinajstić information content (AvgIpc) is 2.16. The molecule has 1 aromatic rings. The van der Waals surface area contributed by atoms with Gasteiger partial charge in [-0.05, 0) is 43.2 Å². The highest BCUT2D eigenvalue weighted by atomic mass is 35.5. The Morgan fingerprint density at radius 1 is 1.31 bits per heavy atom. The van der Waals surface area contributed by atoms with E-state index in [1.165, 1.54) is 6.08 Å². The molecule has 0 heterocycles. The third-order valence-electron chi connectivity index (χ3n) is 1.94. The number of carbonyl (C=O) groups is 1. The Morgan fingerprint density at radius 2 is 1.88 bits per heavy atom. The first-order chi connectivity index (χ1) is 7.52. The summed E-state index contributed by atoms with van der Waals surface area (Å²) in [5.74, 6) is -0.365. The van der Waals surface area contributed by atoms with Crippen molar-refractivity contribution in [2.45, 2.75) is 13.8 Å². The van der Waals surface area contributed by atoms with Crippen LogP contribution in [0.1, 0.15) is 19.4 Å². The lowest BCUT2D eigenvalue weighted by molar-refractivity contribution is -0.137. The first-order valence-electron chi connectivity index (χ1n) is 4.84. The molecule has 4 heteroatoms. The Bertz CT molecular complexity index is 405. The van der Waals surface area contributed by atoms with Crippen molar-refractivity contribution in [3.8, 4) is 0 Å². The summed E-state index contributed by atoms with van der Waals surface area (Å²) in [7, 11) is 0. The lowest BCUT2D eigenvalue weighted by Gasteiger charge is -2.03. The molecular weight excluding hydrogens is 247 g/mol. The molecule has 0 unspecified atom stereocenters. The van der Waals surface area contributed by atoms with E-state index in [0.717, 1.165) is 11.1 Å². The summed E-state index contributed by atoms with van der Waals surface area (Å²) in [6, 6.07) is 5.14. The SMILES string of the molecule is CCOC(=O)C=C(C)c1cc(Cl)cc(Cl)c1. The van der Waals surface area contributed by atoms with Crippen molar-refractivity contribution >= 4 is 34.7 Å². The van der Waals surface area contributed by atoms with Gasteiger partial charge in [0, 0.05) is 16.1 Å². The summed E-state index contributed by atoms with van der Waals surface area (Å²) in [4.78, 5) is 11.2. The molecule has 2 nitrogen and oxygen atoms in total. The third kappa shape index (κ3) is 3.87. The van der Waals surface area contributed by atoms with Gasteiger partial charge in [0.1, 0.15) is 0 Å². The van der Waals surface area contributed by atoms with Crippen LogP contribution < -0.4 is 0 Å². The van der Waals surface area contributed by atoms with Crippen molar-refractivity contribution < 1.29 is 9.53 Å². The topological polar surface area (TPSA) is 26.3 Å². The molecule has 0 radical (unpaired) electrons. The van der Waals surface area contributed by atoms with E-state index in [-0.39, 0.29) is 5.97 Å². The molecule has 16 heavy (non-hydrogen) atoms. The molecule has 0 aromatic heterocycles. The second-order valence-electron chi connectivity index (χ2n) is 3.24. The summed E-state index contributed by atoms with van der Waals surface area (Å²) in [5, 5.41) is 1.08. The number of hydrogen-bond donors (Lipinski definition) is 0. The predicted octanol–water partition coefficient (Wildman–Crippen LogP) is 3.96. The van der Waals surface area contributed by atoms with Crippen molar-refractivity contribution in [1.82, 2.24) is 0 Å². The maximum absolute atomic E-state index is 11.2. The van der Waals surface area contributed by atoms with E-state index in [1.54, 1.807) is 32.0 Å². The summed E-state index contributed by atoms with van der Waals surface area (Å²) >= 11 is 11.7. The van der Waals surface area contributed by atoms with Gasteiger partial charge >= 0.3 is 5.97 Å². The highest BCUT2D eigenvalue weighted by Gasteiger charge is 2.03. The van der Waals surface area contributed by atoms with Crippen LogP contribution in [-0.2, 0) is 9.53 Å². The molecule has 0 spiro atoms. The molecule has 0 atom stereocenters. The fourth-order valence-electron chi connectivity index (χ4n) is 1.23. The third-order valence-corrected chi connectivity index (χ3v) is 2.38. The molecule has 86 valence electrons. The van der Waals surface area contributed by atoms with E-state index in [9.17, 15) is 4.79 Å². The van der Waals surface area contributed by atoms with Crippen LogP contribution in [0.4, 0.5) is 0 Å². The Hall–Kier alpha value is -0.990. The monoisotopic (exact) mass is 258 g/mol. The van der Waals surface area contributed by atoms with Gasteiger partial charge < -0.3 is 4.74 Å². The minimum Gasteiger partial charge on any atom is -0.463 e. The molecule has 0 bridgehead atoms. The Morgan fingerprint density at radius 3 is 2.38 bits per heavy atom. The van der Waals surface area contributed by atoms with Crippen molar-refractivity contribution in [3.05, 3.63) is 39.9 Å². The fraction of sp³-hybridized carbons (Fsp3) is 0.250. The van der Waals surface area contributed by atoms with Crippen LogP contribution in [0.3, 0.4) is 0 Å². The molecule has 0 amide bonds. The molecule has 0 N–H and O–H groups in total. The fourth-order valence-corrected chi connectivity index (χ4v) is 1.75. The summed E-state index contributed by atoms with van der Waals surface area (Å²) in [5.41, 5.74) is 1.58. The largest absolute Gasteiger partial charge is 0.463 e. The van der Waals surface area contributed by atoms with Gasteiger partial charge in [0.15, 0.2) is 0 Å². The van der Waals surface area contributed by atoms with Crippen LogP contribution in [-0.4, -0.2) is 12.6 Å². The lowest BCUT2D eigenvalue weighted by atomic mass is 10.1. The Kier molecular flexibility index (Phi) is 4.84. The Balaban J connectivity index is 2.95. The smallest absolute Gasteiger partial charge is 0.331 e. The molecule has 0 aliphatic heterocycles. The number of carbonyl (C=O) groups excluding carboxylic acids is 1. The molecule has 0 aliphatic rings. The second-order valence-corrected chi connectivity index (χ2v) is 4.11. The number of ether oxygens (including phenoxy) is 1. The van der Waals surface area contributed by atoms with Crippen LogP contribution >= 0.6 is 23.2 Å². The van der Waals surface area contributed by atoms with Gasteiger partial charge in [0.05, 0.1) is 6.61 Å². The number of allylic oxidation sites excluding steroid dienone is 1. The minimum absolute atomic E-state index is 0.360. The molecule has 0 saturated carbocycles. The maximum Gasteiger partial charge on any atom is 0.331 e. The van der Waals surface area contributed by atoms with Crippen molar-refractivity contribution in [2.75, 3.05) is 6.61 Å². The lowest BCUT2D eigenvalue weighted by Crippen LogP contribution is -2.00. The van der Waals surface area contributed by atoms with E-state index in [4.69, 9.17) is 27.9 Å². The van der Waals surface area contributed by atoms with Crippen molar-refractivity contribution in [3.63, 3.8) is 0 Å². The van der Waals surface area contributed by atoms with Crippen LogP contribution in [0.5, 0.6) is 0 Å². The van der Waals surface area contributed by atoms with Crippen LogP contribution in [0.2, 0.25) is 10.0 Å². The van der Waals surface area contributed by atoms with Crippen molar-refractivity contribution in [2.24, 2.45) is 0 Å². The van der Waals surface area contributed by atoms with E-state index in [2.05, 4.69) is 0 Å². The van der Waals surface area contributed by atoms with E-state index in [1.807, 2.05) is 0 Å². The molecular formula is C12H12Cl2O2. The maximum atomic E-state index is 11.2. The van der Waals surface area contributed by atoms with Gasteiger partial charge in [-0.2, -0.15) is 0 Å². The number of halogens is 2. The quantitative estimate of drug-likeness (QED) is 0.606. The van der Waals surface area contributed by atoms with Gasteiger partial charge in [0.2, 0.25) is 0 Å². The number of rotatable bonds is 3. The minimum atomic E-state index is -0.365. The average molecular weight is 259 g/mol. The van der Waals surface area contributed by atoms with E-state index in [0.29, 0.717) is 16.7 Å². The van der Waals surface area contributed by atoms with E-state index >= 15 is 0 Å². The summed E-state index contributed by atoms with van der Waals surface area (Å²) in [6.07, 6.45) is 1.42. The number of hydrogen-bond acceptors (Lipinski definition) is 2.